The maximum Gasteiger partial charge on any atom is 0.147 e. The van der Waals surface area contributed by atoms with Crippen LogP contribution in [0.3, 0.4) is 0 Å². The molecule has 3 aromatic carbocycles. The molecule has 0 N–H and O–H groups in total. The number of benzene rings is 3. The van der Waals surface area contributed by atoms with Crippen molar-refractivity contribution in [3.05, 3.63) is 107 Å². The standard InChI is InChI=1S/C24H16Cl2N2O/c25-17-12-10-16(11-13-17)24-20(15-28(27-24)18-6-2-1-3-7-18)23-14-21(26)19-8-4-5-9-22(19)29-23/h1-15,23H. The number of rotatable bonds is 3. The zero-order valence-corrected chi connectivity index (χ0v) is 16.8. The highest BCUT2D eigenvalue weighted by Crippen LogP contribution is 2.41. The van der Waals surface area contributed by atoms with E-state index < -0.39 is 0 Å². The van der Waals surface area contributed by atoms with Crippen LogP contribution in [-0.4, -0.2) is 9.78 Å². The molecular weight excluding hydrogens is 403 g/mol. The minimum Gasteiger partial charge on any atom is -0.481 e. The maximum atomic E-state index is 6.57. The summed E-state index contributed by atoms with van der Waals surface area (Å²) in [6, 6.07) is 25.4. The molecule has 29 heavy (non-hydrogen) atoms. The van der Waals surface area contributed by atoms with Gasteiger partial charge in [0.1, 0.15) is 11.9 Å². The summed E-state index contributed by atoms with van der Waals surface area (Å²) >= 11 is 12.7. The number of fused-ring (bicyclic) bond motifs is 1. The quantitative estimate of drug-likeness (QED) is 0.361. The van der Waals surface area contributed by atoms with Gasteiger partial charge in [0.25, 0.3) is 0 Å². The van der Waals surface area contributed by atoms with Gasteiger partial charge in [0.05, 0.1) is 16.4 Å². The number of hydrogen-bond acceptors (Lipinski definition) is 2. The third-order valence-electron chi connectivity index (χ3n) is 4.88. The van der Waals surface area contributed by atoms with Crippen molar-refractivity contribution in [3.63, 3.8) is 0 Å². The Hall–Kier alpha value is -3.01. The van der Waals surface area contributed by atoms with E-state index in [4.69, 9.17) is 33.0 Å². The fourth-order valence-corrected chi connectivity index (χ4v) is 3.85. The summed E-state index contributed by atoms with van der Waals surface area (Å²) in [5, 5.41) is 6.21. The van der Waals surface area contributed by atoms with Crippen molar-refractivity contribution in [1.82, 2.24) is 9.78 Å². The molecule has 4 aromatic rings. The van der Waals surface area contributed by atoms with Gasteiger partial charge in [-0.3, -0.25) is 0 Å². The molecule has 1 aliphatic rings. The van der Waals surface area contributed by atoms with E-state index in [9.17, 15) is 0 Å². The number of hydrogen-bond donors (Lipinski definition) is 0. The van der Waals surface area contributed by atoms with Crippen LogP contribution >= 0.6 is 23.2 Å². The molecule has 0 saturated carbocycles. The molecule has 1 unspecified atom stereocenters. The van der Waals surface area contributed by atoms with E-state index in [-0.39, 0.29) is 6.10 Å². The molecule has 1 atom stereocenters. The van der Waals surface area contributed by atoms with Crippen molar-refractivity contribution in [1.29, 1.82) is 0 Å². The third-order valence-corrected chi connectivity index (χ3v) is 5.47. The first-order valence-electron chi connectivity index (χ1n) is 9.23. The van der Waals surface area contributed by atoms with Crippen LogP contribution in [0.25, 0.3) is 22.0 Å². The van der Waals surface area contributed by atoms with Gasteiger partial charge < -0.3 is 4.74 Å². The predicted molar refractivity (Wildman–Crippen MR) is 118 cm³/mol. The van der Waals surface area contributed by atoms with Crippen molar-refractivity contribution in [3.8, 4) is 22.7 Å². The Morgan fingerprint density at radius 1 is 0.828 bits per heavy atom. The summed E-state index contributed by atoms with van der Waals surface area (Å²) in [6.45, 7) is 0. The second-order valence-electron chi connectivity index (χ2n) is 6.77. The summed E-state index contributed by atoms with van der Waals surface area (Å²) in [5.74, 6) is 0.763. The van der Waals surface area contributed by atoms with E-state index in [0.29, 0.717) is 10.1 Å². The molecule has 1 aliphatic heterocycles. The molecule has 1 aromatic heterocycles. The SMILES string of the molecule is ClC1=CC(c2cn(-c3ccccc3)nc2-c2ccc(Cl)cc2)Oc2ccccc21. The first-order valence-corrected chi connectivity index (χ1v) is 9.99. The number of nitrogens with zero attached hydrogens (tertiary/aromatic N) is 2. The van der Waals surface area contributed by atoms with Gasteiger partial charge in [-0.1, -0.05) is 65.7 Å². The molecule has 3 nitrogen and oxygen atoms in total. The second kappa shape index (κ2) is 7.43. The van der Waals surface area contributed by atoms with E-state index in [1.54, 1.807) is 0 Å². The average molecular weight is 419 g/mol. The molecule has 0 radical (unpaired) electrons. The maximum absolute atomic E-state index is 6.57. The summed E-state index contributed by atoms with van der Waals surface area (Å²) in [6.07, 6.45) is 3.58. The zero-order valence-electron chi connectivity index (χ0n) is 15.3. The van der Waals surface area contributed by atoms with Gasteiger partial charge in [-0.15, -0.1) is 0 Å². The van der Waals surface area contributed by atoms with E-state index in [0.717, 1.165) is 33.8 Å². The lowest BCUT2D eigenvalue weighted by atomic mass is 10.0. The van der Waals surface area contributed by atoms with Crippen LogP contribution < -0.4 is 4.74 Å². The number of aromatic nitrogens is 2. The van der Waals surface area contributed by atoms with Gasteiger partial charge in [-0.25, -0.2) is 4.68 Å². The van der Waals surface area contributed by atoms with Crippen molar-refractivity contribution < 1.29 is 4.74 Å². The lowest BCUT2D eigenvalue weighted by Gasteiger charge is -2.23. The van der Waals surface area contributed by atoms with Crippen molar-refractivity contribution >= 4 is 28.2 Å². The normalized spacial score (nSPS) is 15.4. The smallest absolute Gasteiger partial charge is 0.147 e. The predicted octanol–water partition coefficient (Wildman–Crippen LogP) is 6.91. The van der Waals surface area contributed by atoms with Crippen LogP contribution in [0.4, 0.5) is 0 Å². The van der Waals surface area contributed by atoms with Gasteiger partial charge in [0.15, 0.2) is 0 Å². The van der Waals surface area contributed by atoms with E-state index in [2.05, 4.69) is 0 Å². The number of ether oxygens (including phenoxy) is 1. The molecule has 0 aliphatic carbocycles. The van der Waals surface area contributed by atoms with Crippen LogP contribution in [0.1, 0.15) is 17.2 Å². The average Bonchev–Trinajstić information content (AvgIpc) is 3.20. The van der Waals surface area contributed by atoms with Gasteiger partial charge in [-0.2, -0.15) is 5.10 Å². The summed E-state index contributed by atoms with van der Waals surface area (Å²) in [7, 11) is 0. The first-order chi connectivity index (χ1) is 14.2. The van der Waals surface area contributed by atoms with E-state index >= 15 is 0 Å². The lowest BCUT2D eigenvalue weighted by Crippen LogP contribution is -2.10. The van der Waals surface area contributed by atoms with Crippen LogP contribution in [0.15, 0.2) is 91.1 Å². The molecule has 0 fully saturated rings. The van der Waals surface area contributed by atoms with Crippen LogP contribution in [0, 0.1) is 0 Å². The van der Waals surface area contributed by atoms with Crippen molar-refractivity contribution in [2.75, 3.05) is 0 Å². The monoisotopic (exact) mass is 418 g/mol. The fourth-order valence-electron chi connectivity index (χ4n) is 3.45. The molecule has 5 heteroatoms. The molecular formula is C24H16Cl2N2O. The molecule has 142 valence electrons. The highest BCUT2D eigenvalue weighted by molar-refractivity contribution is 6.49. The minimum absolute atomic E-state index is 0.347. The summed E-state index contributed by atoms with van der Waals surface area (Å²) in [4.78, 5) is 0. The Morgan fingerprint density at radius 2 is 1.55 bits per heavy atom. The Labute approximate surface area is 178 Å². The molecule has 0 spiro atoms. The highest BCUT2D eigenvalue weighted by Gasteiger charge is 2.26. The molecule has 0 amide bonds. The van der Waals surface area contributed by atoms with Crippen LogP contribution in [0.2, 0.25) is 5.02 Å². The van der Waals surface area contributed by atoms with Gasteiger partial charge in [-0.05, 0) is 42.5 Å². The first kappa shape index (κ1) is 18.0. The second-order valence-corrected chi connectivity index (χ2v) is 7.61. The number of halogens is 2. The van der Waals surface area contributed by atoms with Gasteiger partial charge in [0, 0.05) is 27.9 Å². The summed E-state index contributed by atoms with van der Waals surface area (Å²) < 4.78 is 8.15. The van der Waals surface area contributed by atoms with Gasteiger partial charge >= 0.3 is 0 Å². The molecule has 2 heterocycles. The fraction of sp³-hybridized carbons (Fsp3) is 0.0417. The largest absolute Gasteiger partial charge is 0.481 e. The van der Waals surface area contributed by atoms with Crippen molar-refractivity contribution in [2.45, 2.75) is 6.10 Å². The van der Waals surface area contributed by atoms with Crippen LogP contribution in [0.5, 0.6) is 5.75 Å². The minimum atomic E-state index is -0.347. The zero-order chi connectivity index (χ0) is 19.8. The van der Waals surface area contributed by atoms with E-state index in [1.807, 2.05) is 95.8 Å². The van der Waals surface area contributed by atoms with E-state index in [1.165, 1.54) is 0 Å². The summed E-state index contributed by atoms with van der Waals surface area (Å²) in [5.41, 5.74) is 4.60. The highest BCUT2D eigenvalue weighted by atomic mass is 35.5. The topological polar surface area (TPSA) is 27.1 Å². The van der Waals surface area contributed by atoms with Gasteiger partial charge in [0.2, 0.25) is 0 Å². The Bertz CT molecular complexity index is 1200. The molecule has 0 bridgehead atoms. The lowest BCUT2D eigenvalue weighted by molar-refractivity contribution is 0.252. The Morgan fingerprint density at radius 3 is 2.34 bits per heavy atom. The number of para-hydroxylation sites is 2. The molecule has 0 saturated heterocycles. The van der Waals surface area contributed by atoms with Crippen LogP contribution in [-0.2, 0) is 0 Å². The Balaban J connectivity index is 1.65. The molecule has 5 rings (SSSR count). The third kappa shape index (κ3) is 3.44. The van der Waals surface area contributed by atoms with Crippen molar-refractivity contribution in [2.24, 2.45) is 0 Å². The Kier molecular flexibility index (Phi) is 4.62.